The van der Waals surface area contributed by atoms with Gasteiger partial charge in [-0.1, -0.05) is 0 Å². The molecule has 2 aromatic rings. The summed E-state index contributed by atoms with van der Waals surface area (Å²) in [5.74, 6) is 0. The number of rotatable bonds is 1. The van der Waals surface area contributed by atoms with Crippen LogP contribution in [-0.4, -0.2) is 25.7 Å². The Labute approximate surface area is 109 Å². The van der Waals surface area contributed by atoms with Gasteiger partial charge >= 0.3 is 5.69 Å². The highest BCUT2D eigenvalue weighted by atomic mass is 16.3. The maximum Gasteiger partial charge on any atom is 0.327 e. The van der Waals surface area contributed by atoms with Crippen LogP contribution in [0.2, 0.25) is 0 Å². The summed E-state index contributed by atoms with van der Waals surface area (Å²) in [5.41, 5.74) is 1.42. The Morgan fingerprint density at radius 3 is 2.84 bits per heavy atom. The van der Waals surface area contributed by atoms with E-state index in [0.29, 0.717) is 29.6 Å². The molecule has 1 saturated carbocycles. The highest BCUT2D eigenvalue weighted by molar-refractivity contribution is 5.72. The van der Waals surface area contributed by atoms with Crippen molar-refractivity contribution in [2.24, 2.45) is 0 Å². The van der Waals surface area contributed by atoms with Gasteiger partial charge in [0.05, 0.1) is 17.2 Å². The summed E-state index contributed by atoms with van der Waals surface area (Å²) in [7, 11) is 0. The van der Waals surface area contributed by atoms with Crippen LogP contribution in [0.3, 0.4) is 0 Å². The number of nitrogens with one attached hydrogen (secondary N) is 1. The highest BCUT2D eigenvalue weighted by Crippen LogP contribution is 2.29. The Morgan fingerprint density at radius 2 is 2.16 bits per heavy atom. The minimum Gasteiger partial charge on any atom is -0.393 e. The average molecular weight is 258 g/mol. The molecule has 0 spiro atoms. The number of aliphatic hydroxyl groups is 1. The van der Waals surface area contributed by atoms with Crippen molar-refractivity contribution in [1.82, 2.24) is 14.5 Å². The Hall–Kier alpha value is -2.13. The second-order valence-corrected chi connectivity index (χ2v) is 4.97. The summed E-state index contributed by atoms with van der Waals surface area (Å²) in [6.07, 6.45) is 4.19. The van der Waals surface area contributed by atoms with E-state index in [0.717, 1.165) is 12.8 Å². The fraction of sp³-hybridized carbons (Fsp3) is 0.462. The van der Waals surface area contributed by atoms with Crippen molar-refractivity contribution in [2.45, 2.75) is 37.8 Å². The number of hydrogen-bond donors (Lipinski definition) is 2. The number of hydrogen-bond acceptors (Lipinski definition) is 4. The van der Waals surface area contributed by atoms with E-state index in [1.54, 1.807) is 10.6 Å². The maximum absolute atomic E-state index is 12.0. The second-order valence-electron chi connectivity index (χ2n) is 4.97. The molecule has 3 rings (SSSR count). The number of pyridine rings is 1. The molecule has 0 amide bonds. The predicted octanol–water partition coefficient (Wildman–Crippen LogP) is 1.07. The van der Waals surface area contributed by atoms with Crippen LogP contribution in [0.5, 0.6) is 0 Å². The lowest BCUT2D eigenvalue weighted by molar-refractivity contribution is 0.111. The molecule has 0 bridgehead atoms. The van der Waals surface area contributed by atoms with E-state index in [4.69, 9.17) is 5.26 Å². The molecule has 0 atom stereocenters. The van der Waals surface area contributed by atoms with Gasteiger partial charge < -0.3 is 10.1 Å². The zero-order valence-corrected chi connectivity index (χ0v) is 10.3. The molecule has 0 radical (unpaired) electrons. The van der Waals surface area contributed by atoms with Gasteiger partial charge in [0.15, 0.2) is 5.65 Å². The molecule has 1 fully saturated rings. The Balaban J connectivity index is 2.06. The molecule has 0 unspecified atom stereocenters. The quantitative estimate of drug-likeness (QED) is 0.800. The molecule has 98 valence electrons. The summed E-state index contributed by atoms with van der Waals surface area (Å²) >= 11 is 0. The lowest BCUT2D eigenvalue weighted by Crippen LogP contribution is -2.27. The Kier molecular flexibility index (Phi) is 2.84. The van der Waals surface area contributed by atoms with E-state index >= 15 is 0 Å². The van der Waals surface area contributed by atoms with Gasteiger partial charge in [0.25, 0.3) is 0 Å². The van der Waals surface area contributed by atoms with Crippen LogP contribution in [-0.2, 0) is 0 Å². The number of nitrogens with zero attached hydrogens (tertiary/aromatic N) is 3. The summed E-state index contributed by atoms with van der Waals surface area (Å²) in [6.45, 7) is 0. The summed E-state index contributed by atoms with van der Waals surface area (Å²) in [4.78, 5) is 19.0. The van der Waals surface area contributed by atoms with E-state index in [9.17, 15) is 9.90 Å². The van der Waals surface area contributed by atoms with Crippen LogP contribution in [0, 0.1) is 11.3 Å². The molecule has 2 N–H and O–H groups in total. The van der Waals surface area contributed by atoms with E-state index in [1.165, 1.54) is 6.20 Å². The third-order valence-electron chi connectivity index (χ3n) is 3.72. The van der Waals surface area contributed by atoms with Crippen LogP contribution < -0.4 is 5.69 Å². The van der Waals surface area contributed by atoms with Crippen molar-refractivity contribution in [3.63, 3.8) is 0 Å². The van der Waals surface area contributed by atoms with E-state index in [1.807, 2.05) is 6.07 Å². The monoisotopic (exact) mass is 258 g/mol. The largest absolute Gasteiger partial charge is 0.393 e. The topological polar surface area (TPSA) is 94.7 Å². The van der Waals surface area contributed by atoms with Gasteiger partial charge in [0, 0.05) is 12.2 Å². The lowest BCUT2D eigenvalue weighted by Gasteiger charge is -2.25. The average Bonchev–Trinajstić information content (AvgIpc) is 2.74. The van der Waals surface area contributed by atoms with Crippen LogP contribution in [0.4, 0.5) is 0 Å². The third kappa shape index (κ3) is 2.02. The number of aromatic nitrogens is 3. The van der Waals surface area contributed by atoms with Crippen molar-refractivity contribution >= 4 is 11.2 Å². The van der Waals surface area contributed by atoms with Crippen LogP contribution in [0.1, 0.15) is 37.3 Å². The summed E-state index contributed by atoms with van der Waals surface area (Å²) in [6, 6.07) is 3.72. The summed E-state index contributed by atoms with van der Waals surface area (Å²) < 4.78 is 1.66. The Morgan fingerprint density at radius 1 is 1.42 bits per heavy atom. The normalized spacial score (nSPS) is 23.4. The molecule has 19 heavy (non-hydrogen) atoms. The fourth-order valence-electron chi connectivity index (χ4n) is 2.73. The van der Waals surface area contributed by atoms with Gasteiger partial charge in [-0.3, -0.25) is 4.57 Å². The zero-order chi connectivity index (χ0) is 13.4. The molecule has 6 heteroatoms. The second kappa shape index (κ2) is 4.52. The first kappa shape index (κ1) is 11.9. The molecule has 1 aliphatic rings. The van der Waals surface area contributed by atoms with Crippen molar-refractivity contribution < 1.29 is 5.11 Å². The third-order valence-corrected chi connectivity index (χ3v) is 3.72. The first-order valence-corrected chi connectivity index (χ1v) is 6.37. The predicted molar refractivity (Wildman–Crippen MR) is 68.6 cm³/mol. The molecular formula is C13H14N4O2. The summed E-state index contributed by atoms with van der Waals surface area (Å²) in [5, 5.41) is 18.4. The fourth-order valence-corrected chi connectivity index (χ4v) is 2.73. The van der Waals surface area contributed by atoms with Gasteiger partial charge in [-0.15, -0.1) is 0 Å². The van der Waals surface area contributed by atoms with Crippen molar-refractivity contribution in [3.05, 3.63) is 28.3 Å². The van der Waals surface area contributed by atoms with Gasteiger partial charge in [0.1, 0.15) is 6.07 Å². The minimum atomic E-state index is -0.254. The van der Waals surface area contributed by atoms with E-state index < -0.39 is 0 Å². The van der Waals surface area contributed by atoms with Gasteiger partial charge in [-0.25, -0.2) is 9.78 Å². The van der Waals surface area contributed by atoms with Gasteiger partial charge in [0.2, 0.25) is 0 Å². The maximum atomic E-state index is 12.0. The first-order valence-electron chi connectivity index (χ1n) is 6.37. The van der Waals surface area contributed by atoms with Gasteiger partial charge in [-0.05, 0) is 31.7 Å². The SMILES string of the molecule is N#Cc1cnc2c(c1)[nH]c(=O)n2C1CCC(O)CC1. The molecule has 2 heterocycles. The molecule has 1 aliphatic carbocycles. The molecule has 2 aromatic heterocycles. The van der Waals surface area contributed by atoms with Crippen LogP contribution >= 0.6 is 0 Å². The molecule has 0 aromatic carbocycles. The number of nitriles is 1. The molecule has 0 saturated heterocycles. The van der Waals surface area contributed by atoms with Crippen molar-refractivity contribution in [1.29, 1.82) is 5.26 Å². The van der Waals surface area contributed by atoms with Crippen molar-refractivity contribution in [3.8, 4) is 6.07 Å². The number of aromatic amines is 1. The molecule has 0 aliphatic heterocycles. The van der Waals surface area contributed by atoms with Crippen LogP contribution in [0.15, 0.2) is 17.1 Å². The first-order chi connectivity index (χ1) is 9.19. The van der Waals surface area contributed by atoms with E-state index in [-0.39, 0.29) is 17.8 Å². The molecular weight excluding hydrogens is 244 g/mol. The standard InChI is InChI=1S/C13H14N4O2/c14-6-8-5-11-12(15-7-8)17(13(19)16-11)9-1-3-10(18)4-2-9/h5,7,9-10,18H,1-4H2,(H,16,19). The number of imidazole rings is 1. The van der Waals surface area contributed by atoms with Crippen molar-refractivity contribution in [2.75, 3.05) is 0 Å². The number of aliphatic hydroxyl groups excluding tert-OH is 1. The number of H-pyrrole nitrogens is 1. The Bertz CT molecular complexity index is 701. The van der Waals surface area contributed by atoms with E-state index in [2.05, 4.69) is 9.97 Å². The molecule has 6 nitrogen and oxygen atoms in total. The highest BCUT2D eigenvalue weighted by Gasteiger charge is 2.24. The number of fused-ring (bicyclic) bond motifs is 1. The smallest absolute Gasteiger partial charge is 0.327 e. The zero-order valence-electron chi connectivity index (χ0n) is 10.3. The minimum absolute atomic E-state index is 0.0742. The van der Waals surface area contributed by atoms with Gasteiger partial charge in [-0.2, -0.15) is 5.26 Å². The van der Waals surface area contributed by atoms with Crippen LogP contribution in [0.25, 0.3) is 11.2 Å². The lowest BCUT2D eigenvalue weighted by atomic mass is 9.93.